The zero-order valence-corrected chi connectivity index (χ0v) is 9.81. The minimum absolute atomic E-state index is 0.112. The number of rotatable bonds is 3. The summed E-state index contributed by atoms with van der Waals surface area (Å²) in [5, 5.41) is 17.1. The van der Waals surface area contributed by atoms with Crippen molar-refractivity contribution in [2.75, 3.05) is 13.1 Å². The lowest BCUT2D eigenvalue weighted by Gasteiger charge is -2.15. The van der Waals surface area contributed by atoms with Crippen molar-refractivity contribution in [2.45, 2.75) is 0 Å². The molecule has 16 heavy (non-hydrogen) atoms. The van der Waals surface area contributed by atoms with Gasteiger partial charge < -0.3 is 4.90 Å². The van der Waals surface area contributed by atoms with Crippen LogP contribution in [0.4, 0.5) is 0 Å². The number of nitriles is 2. The summed E-state index contributed by atoms with van der Waals surface area (Å²) in [5.74, 6) is -0.378. The standard InChI is InChI=1S/C10H7BrN4O/c11-9-5-8(6-14-7-9)10(16)15(3-1-12)4-2-13/h5-7H,3-4H2. The Balaban J connectivity index is 2.91. The molecule has 80 valence electrons. The van der Waals surface area contributed by atoms with E-state index in [9.17, 15) is 4.79 Å². The summed E-state index contributed by atoms with van der Waals surface area (Å²) in [5.41, 5.74) is 0.347. The fourth-order valence-corrected chi connectivity index (χ4v) is 1.45. The van der Waals surface area contributed by atoms with Crippen LogP contribution in [0.2, 0.25) is 0 Å². The van der Waals surface area contributed by atoms with Crippen molar-refractivity contribution >= 4 is 21.8 Å². The Morgan fingerprint density at radius 1 is 1.38 bits per heavy atom. The smallest absolute Gasteiger partial charge is 0.257 e. The number of hydrogen-bond acceptors (Lipinski definition) is 4. The van der Waals surface area contributed by atoms with Gasteiger partial charge >= 0.3 is 0 Å². The van der Waals surface area contributed by atoms with Crippen molar-refractivity contribution in [3.8, 4) is 12.1 Å². The third-order valence-electron chi connectivity index (χ3n) is 1.76. The van der Waals surface area contributed by atoms with Crippen LogP contribution in [0.15, 0.2) is 22.9 Å². The molecule has 0 bridgehead atoms. The lowest BCUT2D eigenvalue weighted by atomic mass is 10.2. The molecule has 1 amide bonds. The van der Waals surface area contributed by atoms with Crippen LogP contribution in [0.3, 0.4) is 0 Å². The Morgan fingerprint density at radius 3 is 2.50 bits per heavy atom. The van der Waals surface area contributed by atoms with Gasteiger partial charge in [-0.05, 0) is 22.0 Å². The van der Waals surface area contributed by atoms with Crippen molar-refractivity contribution in [3.05, 3.63) is 28.5 Å². The maximum absolute atomic E-state index is 11.8. The maximum atomic E-state index is 11.8. The van der Waals surface area contributed by atoms with Crippen molar-refractivity contribution in [1.29, 1.82) is 10.5 Å². The molecule has 5 nitrogen and oxygen atoms in total. The van der Waals surface area contributed by atoms with Gasteiger partial charge in [0, 0.05) is 16.9 Å². The molecule has 1 aromatic rings. The highest BCUT2D eigenvalue weighted by Gasteiger charge is 2.15. The third-order valence-corrected chi connectivity index (χ3v) is 2.20. The second-order valence-electron chi connectivity index (χ2n) is 2.87. The molecule has 0 saturated heterocycles. The molecule has 6 heteroatoms. The van der Waals surface area contributed by atoms with Crippen LogP contribution in [0.1, 0.15) is 10.4 Å². The molecule has 0 spiro atoms. The molecule has 0 radical (unpaired) electrons. The van der Waals surface area contributed by atoms with E-state index in [0.717, 1.165) is 4.90 Å². The van der Waals surface area contributed by atoms with Crippen LogP contribution in [-0.2, 0) is 0 Å². The summed E-state index contributed by atoms with van der Waals surface area (Å²) in [6, 6.07) is 5.27. The van der Waals surface area contributed by atoms with Crippen molar-refractivity contribution in [1.82, 2.24) is 9.88 Å². The zero-order chi connectivity index (χ0) is 12.0. The summed E-state index contributed by atoms with van der Waals surface area (Å²) < 4.78 is 0.673. The van der Waals surface area contributed by atoms with Crippen LogP contribution in [-0.4, -0.2) is 28.9 Å². The predicted molar refractivity (Wildman–Crippen MR) is 59.1 cm³/mol. The molecule has 1 rings (SSSR count). The molecule has 0 N–H and O–H groups in total. The van der Waals surface area contributed by atoms with Crippen LogP contribution in [0.5, 0.6) is 0 Å². The Hall–Kier alpha value is -1.92. The average Bonchev–Trinajstić information content (AvgIpc) is 2.28. The number of carbonyl (C=O) groups is 1. The topological polar surface area (TPSA) is 80.8 Å². The van der Waals surface area contributed by atoms with Crippen molar-refractivity contribution in [3.63, 3.8) is 0 Å². The number of pyridine rings is 1. The second-order valence-corrected chi connectivity index (χ2v) is 3.78. The molecule has 0 aliphatic heterocycles. The lowest BCUT2D eigenvalue weighted by molar-refractivity contribution is 0.0794. The lowest BCUT2D eigenvalue weighted by Crippen LogP contribution is -2.31. The first-order valence-corrected chi connectivity index (χ1v) is 5.12. The number of aromatic nitrogens is 1. The number of hydrogen-bond donors (Lipinski definition) is 0. The van der Waals surface area contributed by atoms with Gasteiger partial charge in [0.05, 0.1) is 17.7 Å². The Labute approximate surface area is 101 Å². The van der Waals surface area contributed by atoms with Gasteiger partial charge in [0.25, 0.3) is 5.91 Å². The van der Waals surface area contributed by atoms with Gasteiger partial charge in [-0.15, -0.1) is 0 Å². The van der Waals surface area contributed by atoms with E-state index in [2.05, 4.69) is 20.9 Å². The van der Waals surface area contributed by atoms with Crippen LogP contribution < -0.4 is 0 Å². The molecule has 1 aromatic heterocycles. The summed E-state index contributed by atoms with van der Waals surface area (Å²) in [6.07, 6.45) is 2.95. The predicted octanol–water partition coefficient (Wildman–Crippen LogP) is 1.33. The highest BCUT2D eigenvalue weighted by molar-refractivity contribution is 9.10. The first kappa shape index (κ1) is 12.2. The summed E-state index contributed by atoms with van der Waals surface area (Å²) in [7, 11) is 0. The van der Waals surface area contributed by atoms with Gasteiger partial charge in [0.15, 0.2) is 0 Å². The van der Waals surface area contributed by atoms with Gasteiger partial charge in [-0.1, -0.05) is 0 Å². The van der Waals surface area contributed by atoms with E-state index in [-0.39, 0.29) is 19.0 Å². The average molecular weight is 279 g/mol. The Kier molecular flexibility index (Phi) is 4.43. The molecular weight excluding hydrogens is 272 g/mol. The van der Waals surface area contributed by atoms with Crippen LogP contribution >= 0.6 is 15.9 Å². The van der Waals surface area contributed by atoms with Crippen LogP contribution in [0, 0.1) is 22.7 Å². The minimum atomic E-state index is -0.378. The normalized spacial score (nSPS) is 8.94. The highest BCUT2D eigenvalue weighted by Crippen LogP contribution is 2.11. The number of nitrogens with zero attached hydrogens (tertiary/aromatic N) is 4. The van der Waals surface area contributed by atoms with E-state index in [1.54, 1.807) is 12.3 Å². The minimum Gasteiger partial charge on any atom is -0.312 e. The molecule has 0 atom stereocenters. The van der Waals surface area contributed by atoms with Gasteiger partial charge in [-0.2, -0.15) is 10.5 Å². The summed E-state index contributed by atoms with van der Waals surface area (Å²) in [4.78, 5) is 16.8. The SMILES string of the molecule is N#CCN(CC#N)C(=O)c1cncc(Br)c1. The fourth-order valence-electron chi connectivity index (χ4n) is 1.08. The third kappa shape index (κ3) is 3.04. The van der Waals surface area contributed by atoms with Crippen LogP contribution in [0.25, 0.3) is 0 Å². The summed E-state index contributed by atoms with van der Waals surface area (Å²) in [6.45, 7) is -0.224. The molecule has 0 aliphatic carbocycles. The largest absolute Gasteiger partial charge is 0.312 e. The van der Waals surface area contributed by atoms with Crippen molar-refractivity contribution in [2.24, 2.45) is 0 Å². The molecule has 0 fully saturated rings. The molecule has 0 aromatic carbocycles. The molecule has 0 aliphatic rings. The van der Waals surface area contributed by atoms with Crippen molar-refractivity contribution < 1.29 is 4.79 Å². The van der Waals surface area contributed by atoms with E-state index in [1.165, 1.54) is 6.20 Å². The first-order chi connectivity index (χ1) is 7.69. The van der Waals surface area contributed by atoms with E-state index in [0.29, 0.717) is 10.0 Å². The number of amides is 1. The maximum Gasteiger partial charge on any atom is 0.257 e. The summed E-state index contributed by atoms with van der Waals surface area (Å²) >= 11 is 3.19. The molecule has 0 saturated carbocycles. The number of halogens is 1. The monoisotopic (exact) mass is 278 g/mol. The fraction of sp³-hybridized carbons (Fsp3) is 0.200. The number of carbonyl (C=O) groups excluding carboxylic acids is 1. The Bertz CT molecular complexity index is 458. The van der Waals surface area contributed by atoms with E-state index >= 15 is 0 Å². The molecular formula is C10H7BrN4O. The van der Waals surface area contributed by atoms with E-state index in [1.807, 2.05) is 12.1 Å². The van der Waals surface area contributed by atoms with Gasteiger partial charge in [-0.3, -0.25) is 9.78 Å². The van der Waals surface area contributed by atoms with Gasteiger partial charge in [-0.25, -0.2) is 0 Å². The van der Waals surface area contributed by atoms with E-state index in [4.69, 9.17) is 10.5 Å². The van der Waals surface area contributed by atoms with Gasteiger partial charge in [0.1, 0.15) is 13.1 Å². The molecule has 0 unspecified atom stereocenters. The Morgan fingerprint density at radius 2 is 2.00 bits per heavy atom. The quantitative estimate of drug-likeness (QED) is 0.782. The zero-order valence-electron chi connectivity index (χ0n) is 8.22. The van der Waals surface area contributed by atoms with E-state index < -0.39 is 0 Å². The van der Waals surface area contributed by atoms with Gasteiger partial charge in [0.2, 0.25) is 0 Å². The first-order valence-electron chi connectivity index (χ1n) is 4.32. The highest BCUT2D eigenvalue weighted by atomic mass is 79.9. The second kappa shape index (κ2) is 5.84. The molecule has 1 heterocycles.